The molecule has 6 aromatic carbocycles. The maximum atomic E-state index is 13.2. The Bertz CT molecular complexity index is 3530. The van der Waals surface area contributed by atoms with E-state index < -0.39 is 0 Å². The van der Waals surface area contributed by atoms with E-state index >= 15 is 0 Å². The number of fused-ring (bicyclic) bond motifs is 8. The quantitative estimate of drug-likeness (QED) is 0.111. The van der Waals surface area contributed by atoms with Gasteiger partial charge in [0.15, 0.2) is 23.1 Å². The summed E-state index contributed by atoms with van der Waals surface area (Å²) in [5.41, 5.74) is 9.38. The average molecular weight is 1000 g/mol. The number of halogens is 1. The van der Waals surface area contributed by atoms with Crippen molar-refractivity contribution in [3.8, 4) is 0 Å². The smallest absolute Gasteiger partial charge is 0.209 e. The Hall–Kier alpha value is -8.31. The Morgan fingerprint density at radius 3 is 1.41 bits per heavy atom. The van der Waals surface area contributed by atoms with E-state index in [9.17, 15) is 19.2 Å². The third-order valence-corrected chi connectivity index (χ3v) is 13.9. The van der Waals surface area contributed by atoms with Crippen molar-refractivity contribution in [2.75, 3.05) is 75.4 Å². The van der Waals surface area contributed by atoms with E-state index in [1.807, 2.05) is 54.6 Å². The molecule has 13 rings (SSSR count). The molecule has 3 aliphatic heterocycles. The lowest BCUT2D eigenvalue weighted by Crippen LogP contribution is -2.46. The van der Waals surface area contributed by atoms with Gasteiger partial charge in [0.1, 0.15) is 22.7 Å². The zero-order valence-corrected chi connectivity index (χ0v) is 41.3. The van der Waals surface area contributed by atoms with Crippen molar-refractivity contribution in [3.63, 3.8) is 0 Å². The molecule has 15 nitrogen and oxygen atoms in total. The topological polar surface area (TPSA) is 165 Å². The van der Waals surface area contributed by atoms with Crippen LogP contribution in [0.4, 0.5) is 22.7 Å². The van der Waals surface area contributed by atoms with E-state index in [1.165, 1.54) is 12.8 Å². The first-order valence-electron chi connectivity index (χ1n) is 24.7. The number of aromatic nitrogens is 4. The van der Waals surface area contributed by atoms with Crippen LogP contribution in [0, 0.1) is 13.1 Å². The second kappa shape index (κ2) is 22.2. The van der Waals surface area contributed by atoms with Gasteiger partial charge >= 0.3 is 0 Å². The van der Waals surface area contributed by atoms with E-state index in [1.54, 1.807) is 66.7 Å². The Labute approximate surface area is 432 Å². The first-order valence-corrected chi connectivity index (χ1v) is 25.2. The van der Waals surface area contributed by atoms with Crippen molar-refractivity contribution in [1.29, 1.82) is 0 Å². The molecule has 5 heterocycles. The van der Waals surface area contributed by atoms with E-state index in [4.69, 9.17) is 34.5 Å². The van der Waals surface area contributed by atoms with Gasteiger partial charge in [-0.25, -0.2) is 19.7 Å². The fourth-order valence-corrected chi connectivity index (χ4v) is 10.1. The number of nitrogens with zero attached hydrogens (tertiary/aromatic N) is 7. The molecule has 0 amide bonds. The van der Waals surface area contributed by atoms with E-state index in [-0.39, 0.29) is 29.0 Å². The van der Waals surface area contributed by atoms with Crippen LogP contribution in [-0.2, 0) is 17.2 Å². The van der Waals surface area contributed by atoms with Crippen molar-refractivity contribution in [2.24, 2.45) is 0 Å². The molecule has 0 atom stereocenters. The number of H-pyrrole nitrogens is 2. The van der Waals surface area contributed by atoms with Gasteiger partial charge in [-0.15, -0.1) is 11.6 Å². The summed E-state index contributed by atoms with van der Waals surface area (Å²) < 4.78 is 4.94. The number of para-hydroxylation sites is 4. The van der Waals surface area contributed by atoms with Crippen LogP contribution in [0.5, 0.6) is 0 Å². The predicted molar refractivity (Wildman–Crippen MR) is 286 cm³/mol. The van der Waals surface area contributed by atoms with Crippen LogP contribution in [0.3, 0.4) is 0 Å². The highest BCUT2D eigenvalue weighted by Crippen LogP contribution is 2.35. The molecule has 16 heteroatoms. The van der Waals surface area contributed by atoms with E-state index in [0.29, 0.717) is 79.1 Å². The molecule has 0 unspecified atom stereocenters. The highest BCUT2D eigenvalue weighted by molar-refractivity contribution is 6.32. The van der Waals surface area contributed by atoms with Crippen molar-refractivity contribution in [2.45, 2.75) is 25.3 Å². The van der Waals surface area contributed by atoms with Crippen LogP contribution in [0.15, 0.2) is 121 Å². The van der Waals surface area contributed by atoms with Gasteiger partial charge < -0.3 is 29.8 Å². The molecule has 3 N–H and O–H groups in total. The van der Waals surface area contributed by atoms with Crippen molar-refractivity contribution < 1.29 is 23.9 Å². The van der Waals surface area contributed by atoms with Gasteiger partial charge in [0.2, 0.25) is 11.4 Å². The Morgan fingerprint density at radius 1 is 0.514 bits per heavy atom. The van der Waals surface area contributed by atoms with E-state index in [0.717, 1.165) is 94.0 Å². The second-order valence-corrected chi connectivity index (χ2v) is 18.5. The summed E-state index contributed by atoms with van der Waals surface area (Å²) in [4.78, 5) is 81.0. The standard InChI is InChI=1S/C27H21N5O2.C16H9ClN2O2.C11H13N3.C4H8O/c1-28-20-8-4-5-9-22(20)32-14-12-31(13-15-32)16-23-29-21-11-10-19-24(25(21)30-23)27(34)18-7-3-2-6-17(18)26(19)33;17-7-12-18-11-6-5-10-13(14(11)19-12)16(21)9-4-2-1-3-8(9)15(10)20;1-12-10-4-2-3-5-11(10)14-8-6-13-7-9-14;1-2-4-5-3-1/h2-11H,12-16H2,(H,29,30);1-6H,7H2,(H,18,19);2-5,13H,6-9H2;1-4H2. The molecule has 0 saturated carbocycles. The number of imidazole rings is 2. The number of aromatic amines is 2. The summed E-state index contributed by atoms with van der Waals surface area (Å²) in [5.74, 6) is 0.989. The van der Waals surface area contributed by atoms with Gasteiger partial charge in [0.05, 0.1) is 47.7 Å². The van der Waals surface area contributed by atoms with Crippen LogP contribution >= 0.6 is 11.6 Å². The zero-order valence-electron chi connectivity index (χ0n) is 40.5. The fourth-order valence-electron chi connectivity index (χ4n) is 9.97. The fraction of sp³-hybridized carbons (Fsp3) is 0.241. The van der Waals surface area contributed by atoms with E-state index in [2.05, 4.69) is 44.7 Å². The monoisotopic (exact) mass is 1000 g/mol. The minimum absolute atomic E-state index is 0.132. The molecule has 5 aliphatic rings. The summed E-state index contributed by atoms with van der Waals surface area (Å²) in [5, 5.41) is 3.30. The van der Waals surface area contributed by atoms with Gasteiger partial charge in [-0.3, -0.25) is 24.1 Å². The summed E-state index contributed by atoms with van der Waals surface area (Å²) in [6.07, 6.45) is 2.56. The van der Waals surface area contributed by atoms with Gasteiger partial charge in [-0.2, -0.15) is 0 Å². The lowest BCUT2D eigenvalue weighted by Gasteiger charge is -2.36. The maximum Gasteiger partial charge on any atom is 0.209 e. The number of nitrogens with one attached hydrogen (secondary N) is 3. The number of anilines is 2. The summed E-state index contributed by atoms with van der Waals surface area (Å²) in [6, 6.07) is 36.4. The highest BCUT2D eigenvalue weighted by Gasteiger charge is 2.34. The largest absolute Gasteiger partial charge is 0.381 e. The molecule has 2 aliphatic carbocycles. The molecule has 370 valence electrons. The number of piperazine rings is 2. The third-order valence-electron chi connectivity index (χ3n) is 13.7. The number of alkyl halides is 1. The number of hydrogen-bond donors (Lipinski definition) is 3. The van der Waals surface area contributed by atoms with Crippen molar-refractivity contribution in [3.05, 3.63) is 200 Å². The SMILES string of the molecule is C1CCOC1.O=C1c2ccccc2C(=O)c2c1ccc1[nH]c(CCl)nc21.[C-]#[N+]c1ccccc1N1CCN(Cc2nc3c4c(ccc3[nH]2)C(=O)c2ccccc2C4=O)CC1.[C-]#[N+]c1ccccc1N1CCNCC1. The molecular formula is C58H51ClN10O5. The Kier molecular flexibility index (Phi) is 14.8. The minimum atomic E-state index is -0.168. The van der Waals surface area contributed by atoms with Crippen LogP contribution in [-0.4, -0.2) is 114 Å². The van der Waals surface area contributed by atoms with Crippen molar-refractivity contribution >= 4 is 79.6 Å². The van der Waals surface area contributed by atoms with Crippen LogP contribution in [0.25, 0.3) is 31.8 Å². The summed E-state index contributed by atoms with van der Waals surface area (Å²) in [6.45, 7) is 24.4. The predicted octanol–water partition coefficient (Wildman–Crippen LogP) is 9.73. The summed E-state index contributed by atoms with van der Waals surface area (Å²) in [7, 11) is 0. The molecule has 0 spiro atoms. The minimum Gasteiger partial charge on any atom is -0.381 e. The van der Waals surface area contributed by atoms with Gasteiger partial charge in [-0.05, 0) is 49.2 Å². The van der Waals surface area contributed by atoms with Gasteiger partial charge in [-0.1, -0.05) is 84.9 Å². The van der Waals surface area contributed by atoms with Crippen LogP contribution in [0.2, 0.25) is 0 Å². The molecule has 3 saturated heterocycles. The number of ether oxygens (including phenoxy) is 1. The molecule has 2 aromatic heterocycles. The Balaban J connectivity index is 0.000000132. The Morgan fingerprint density at radius 2 is 0.946 bits per heavy atom. The van der Waals surface area contributed by atoms with Crippen molar-refractivity contribution in [1.82, 2.24) is 30.2 Å². The summed E-state index contributed by atoms with van der Waals surface area (Å²) >= 11 is 5.78. The first kappa shape index (κ1) is 49.3. The molecule has 0 bridgehead atoms. The average Bonchev–Trinajstić information content (AvgIpc) is 4.28. The lowest BCUT2D eigenvalue weighted by atomic mass is 9.83. The highest BCUT2D eigenvalue weighted by atomic mass is 35.5. The molecule has 8 aromatic rings. The maximum absolute atomic E-state index is 13.2. The number of carbonyl (C=O) groups excluding carboxylic acids is 4. The second-order valence-electron chi connectivity index (χ2n) is 18.2. The van der Waals surface area contributed by atoms with Gasteiger partial charge in [0.25, 0.3) is 0 Å². The number of carbonyl (C=O) groups is 4. The number of benzene rings is 6. The lowest BCUT2D eigenvalue weighted by molar-refractivity contribution is 0.0980. The zero-order chi connectivity index (χ0) is 51.1. The normalized spacial score (nSPS) is 15.8. The molecule has 74 heavy (non-hydrogen) atoms. The van der Waals surface area contributed by atoms with Crippen LogP contribution < -0.4 is 15.1 Å². The molecular weight excluding hydrogens is 952 g/mol. The third kappa shape index (κ3) is 9.94. The number of ketones is 4. The first-order chi connectivity index (χ1) is 36.3. The number of rotatable bonds is 5. The van der Waals surface area contributed by atoms with Gasteiger partial charge in [0, 0.05) is 110 Å². The molecule has 3 fully saturated rings. The number of hydrogen-bond acceptors (Lipinski definition) is 11. The molecule has 0 radical (unpaired) electrons. The van der Waals surface area contributed by atoms with Crippen LogP contribution in [0.1, 0.15) is 88.2 Å².